The second-order valence-electron chi connectivity index (χ2n) is 5.28. The van der Waals surface area contributed by atoms with Crippen molar-refractivity contribution < 1.29 is 18.0 Å². The number of halogens is 3. The van der Waals surface area contributed by atoms with Gasteiger partial charge in [0.05, 0.1) is 24.0 Å². The number of hydrogen-bond acceptors (Lipinski definition) is 4. The van der Waals surface area contributed by atoms with Gasteiger partial charge in [-0.1, -0.05) is 18.2 Å². The van der Waals surface area contributed by atoms with E-state index in [-0.39, 0.29) is 24.1 Å². The first-order valence-electron chi connectivity index (χ1n) is 7.16. The molecule has 2 aromatic rings. The Bertz CT molecular complexity index is 702. The summed E-state index contributed by atoms with van der Waals surface area (Å²) in [6.45, 7) is 2.00. The van der Waals surface area contributed by atoms with E-state index in [0.717, 1.165) is 12.1 Å². The summed E-state index contributed by atoms with van der Waals surface area (Å²) in [6.07, 6.45) is -1.000. The number of benzene rings is 1. The van der Waals surface area contributed by atoms with Crippen molar-refractivity contribution in [2.75, 3.05) is 12.0 Å². The van der Waals surface area contributed by atoms with Crippen LogP contribution >= 0.6 is 11.8 Å². The van der Waals surface area contributed by atoms with E-state index in [4.69, 9.17) is 0 Å². The summed E-state index contributed by atoms with van der Waals surface area (Å²) in [6, 6.07) is 4.81. The molecule has 0 bridgehead atoms. The van der Waals surface area contributed by atoms with Crippen molar-refractivity contribution in [2.45, 2.75) is 19.6 Å². The van der Waals surface area contributed by atoms with E-state index in [0.29, 0.717) is 11.4 Å². The summed E-state index contributed by atoms with van der Waals surface area (Å²) in [5, 5.41) is 10.4. The minimum atomic E-state index is -4.42. The van der Waals surface area contributed by atoms with E-state index in [1.807, 2.05) is 13.2 Å². The Kier molecular flexibility index (Phi) is 5.87. The van der Waals surface area contributed by atoms with Crippen LogP contribution in [0.4, 0.5) is 13.2 Å². The lowest BCUT2D eigenvalue weighted by molar-refractivity contribution is -0.137. The predicted octanol–water partition coefficient (Wildman–Crippen LogP) is 2.90. The molecular weight excluding hydrogens is 341 g/mol. The van der Waals surface area contributed by atoms with Gasteiger partial charge >= 0.3 is 6.18 Å². The highest BCUT2D eigenvalue weighted by atomic mass is 32.2. The van der Waals surface area contributed by atoms with E-state index in [9.17, 15) is 18.0 Å². The van der Waals surface area contributed by atoms with E-state index < -0.39 is 11.7 Å². The number of thioether (sulfide) groups is 1. The molecule has 1 aromatic heterocycles. The van der Waals surface area contributed by atoms with Crippen LogP contribution in [-0.4, -0.2) is 32.9 Å². The molecule has 0 aliphatic heterocycles. The van der Waals surface area contributed by atoms with Crippen molar-refractivity contribution in [3.05, 3.63) is 41.7 Å². The number of amides is 1. The van der Waals surface area contributed by atoms with Gasteiger partial charge in [-0.25, -0.2) is 4.68 Å². The van der Waals surface area contributed by atoms with Gasteiger partial charge in [-0.3, -0.25) is 4.79 Å². The molecule has 0 aliphatic carbocycles. The average molecular weight is 358 g/mol. The number of carbonyl (C=O) groups excluding carboxylic acids is 1. The van der Waals surface area contributed by atoms with E-state index in [1.54, 1.807) is 11.8 Å². The first-order valence-corrected chi connectivity index (χ1v) is 8.56. The average Bonchev–Trinajstić information content (AvgIpc) is 3.01. The number of nitrogens with one attached hydrogen (secondary N) is 1. The fourth-order valence-corrected chi connectivity index (χ4v) is 2.66. The zero-order valence-corrected chi connectivity index (χ0v) is 14.0. The molecule has 1 aromatic carbocycles. The van der Waals surface area contributed by atoms with Crippen LogP contribution < -0.4 is 5.32 Å². The Labute approximate surface area is 141 Å². The van der Waals surface area contributed by atoms with Crippen molar-refractivity contribution in [2.24, 2.45) is 5.92 Å². The molecule has 1 N–H and O–H groups in total. The standard InChI is InChI=1S/C15H17F3N4OS/c1-10(9-24-2)14(23)19-7-12-8-22(21-20-12)13-5-3-4-11(6-13)15(16,17)18/h3-6,8,10H,7,9H2,1-2H3,(H,19,23). The van der Waals surface area contributed by atoms with Crippen LogP contribution in [0, 0.1) is 5.92 Å². The van der Waals surface area contributed by atoms with Gasteiger partial charge < -0.3 is 5.32 Å². The second-order valence-corrected chi connectivity index (χ2v) is 6.19. The molecule has 9 heteroatoms. The van der Waals surface area contributed by atoms with Crippen LogP contribution in [0.25, 0.3) is 5.69 Å². The predicted molar refractivity (Wildman–Crippen MR) is 85.8 cm³/mol. The van der Waals surface area contributed by atoms with Gasteiger partial charge in [-0.05, 0) is 24.5 Å². The highest BCUT2D eigenvalue weighted by Crippen LogP contribution is 2.30. The Morgan fingerprint density at radius 1 is 1.42 bits per heavy atom. The Morgan fingerprint density at radius 3 is 2.83 bits per heavy atom. The summed E-state index contributed by atoms with van der Waals surface area (Å²) in [7, 11) is 0. The van der Waals surface area contributed by atoms with E-state index >= 15 is 0 Å². The molecule has 1 heterocycles. The number of carbonyl (C=O) groups is 1. The Balaban J connectivity index is 2.05. The summed E-state index contributed by atoms with van der Waals surface area (Å²) in [5.41, 5.74) is -0.0287. The third kappa shape index (κ3) is 4.73. The first-order chi connectivity index (χ1) is 11.3. The zero-order valence-electron chi connectivity index (χ0n) is 13.2. The van der Waals surface area contributed by atoms with Crippen LogP contribution in [0.15, 0.2) is 30.5 Å². The summed E-state index contributed by atoms with van der Waals surface area (Å²) >= 11 is 1.58. The quantitative estimate of drug-likeness (QED) is 0.863. The SMILES string of the molecule is CSCC(C)C(=O)NCc1cn(-c2cccc(C(F)(F)F)c2)nn1. The van der Waals surface area contributed by atoms with Crippen LogP contribution in [0.3, 0.4) is 0 Å². The molecule has 2 rings (SSSR count). The molecule has 1 unspecified atom stereocenters. The van der Waals surface area contributed by atoms with E-state index in [2.05, 4.69) is 15.6 Å². The van der Waals surface area contributed by atoms with Gasteiger partial charge in [0.15, 0.2) is 0 Å². The summed E-state index contributed by atoms with van der Waals surface area (Å²) in [4.78, 5) is 11.8. The summed E-state index contributed by atoms with van der Waals surface area (Å²) in [5.74, 6) is 0.486. The van der Waals surface area contributed by atoms with Gasteiger partial charge in [0.1, 0.15) is 5.69 Å². The van der Waals surface area contributed by atoms with Gasteiger partial charge in [0.2, 0.25) is 5.91 Å². The van der Waals surface area contributed by atoms with Crippen molar-refractivity contribution in [3.63, 3.8) is 0 Å². The monoisotopic (exact) mass is 358 g/mol. The number of alkyl halides is 3. The maximum atomic E-state index is 12.7. The van der Waals surface area contributed by atoms with Crippen LogP contribution in [0.2, 0.25) is 0 Å². The van der Waals surface area contributed by atoms with Gasteiger partial charge in [-0.15, -0.1) is 5.10 Å². The third-order valence-corrected chi connectivity index (χ3v) is 4.12. The first kappa shape index (κ1) is 18.3. The molecular formula is C15H17F3N4OS. The molecule has 24 heavy (non-hydrogen) atoms. The fraction of sp³-hybridized carbons (Fsp3) is 0.400. The van der Waals surface area contributed by atoms with Crippen molar-refractivity contribution in [1.29, 1.82) is 0 Å². The number of aromatic nitrogens is 3. The minimum absolute atomic E-state index is 0.0991. The molecule has 5 nitrogen and oxygen atoms in total. The number of rotatable bonds is 6. The Morgan fingerprint density at radius 2 is 2.17 bits per heavy atom. The highest BCUT2D eigenvalue weighted by Gasteiger charge is 2.30. The molecule has 130 valence electrons. The molecule has 0 spiro atoms. The van der Waals surface area contributed by atoms with Gasteiger partial charge in [0.25, 0.3) is 0 Å². The molecule has 0 fully saturated rings. The van der Waals surface area contributed by atoms with Crippen molar-refractivity contribution >= 4 is 17.7 Å². The van der Waals surface area contributed by atoms with Crippen molar-refractivity contribution in [1.82, 2.24) is 20.3 Å². The highest BCUT2D eigenvalue weighted by molar-refractivity contribution is 7.98. The second kappa shape index (κ2) is 7.69. The zero-order chi connectivity index (χ0) is 17.7. The van der Waals surface area contributed by atoms with Gasteiger partial charge in [0, 0.05) is 11.7 Å². The van der Waals surface area contributed by atoms with Crippen LogP contribution in [0.1, 0.15) is 18.2 Å². The normalized spacial score (nSPS) is 12.9. The molecule has 0 aliphatic rings. The smallest absolute Gasteiger partial charge is 0.350 e. The maximum absolute atomic E-state index is 12.7. The largest absolute Gasteiger partial charge is 0.416 e. The topological polar surface area (TPSA) is 59.8 Å². The molecule has 0 saturated heterocycles. The van der Waals surface area contributed by atoms with Crippen molar-refractivity contribution in [3.8, 4) is 5.69 Å². The number of hydrogen-bond donors (Lipinski definition) is 1. The minimum Gasteiger partial charge on any atom is -0.350 e. The lowest BCUT2D eigenvalue weighted by atomic mass is 10.2. The fourth-order valence-electron chi connectivity index (χ4n) is 2.01. The lowest BCUT2D eigenvalue weighted by Gasteiger charge is -2.09. The number of nitrogens with zero attached hydrogens (tertiary/aromatic N) is 3. The van der Waals surface area contributed by atoms with Crippen LogP contribution in [-0.2, 0) is 17.5 Å². The lowest BCUT2D eigenvalue weighted by Crippen LogP contribution is -2.30. The maximum Gasteiger partial charge on any atom is 0.416 e. The molecule has 1 atom stereocenters. The Hall–Kier alpha value is -2.03. The van der Waals surface area contributed by atoms with E-state index in [1.165, 1.54) is 23.0 Å². The van der Waals surface area contributed by atoms with Gasteiger partial charge in [-0.2, -0.15) is 24.9 Å². The third-order valence-electron chi connectivity index (χ3n) is 3.29. The summed E-state index contributed by atoms with van der Waals surface area (Å²) < 4.78 is 39.5. The molecule has 1 amide bonds. The van der Waals surface area contributed by atoms with Crippen LogP contribution in [0.5, 0.6) is 0 Å². The molecule has 0 saturated carbocycles. The molecule has 0 radical (unpaired) electrons.